The average Bonchev–Trinajstić information content (AvgIpc) is 2.32. The van der Waals surface area contributed by atoms with Gasteiger partial charge in [0, 0.05) is 12.3 Å². The number of aromatic hydroxyl groups is 2. The van der Waals surface area contributed by atoms with Gasteiger partial charge in [-0.2, -0.15) is 0 Å². The average molecular weight is 260 g/mol. The Morgan fingerprint density at radius 3 is 2.58 bits per heavy atom. The smallest absolute Gasteiger partial charge is 0.261 e. The van der Waals surface area contributed by atoms with E-state index in [1.165, 1.54) is 6.07 Å². The van der Waals surface area contributed by atoms with Gasteiger partial charge in [0.25, 0.3) is 11.5 Å². The molecule has 0 saturated carbocycles. The molecule has 0 aliphatic heterocycles. The van der Waals surface area contributed by atoms with Gasteiger partial charge in [0.05, 0.1) is 11.3 Å². The Kier molecular flexibility index (Phi) is 3.24. The van der Waals surface area contributed by atoms with Gasteiger partial charge >= 0.3 is 0 Å². The number of hydrogen-bond acceptors (Lipinski definition) is 4. The van der Waals surface area contributed by atoms with E-state index in [0.29, 0.717) is 0 Å². The second-order valence-electron chi connectivity index (χ2n) is 4.07. The topological polar surface area (TPSA) is 102 Å². The molecule has 0 spiro atoms. The van der Waals surface area contributed by atoms with E-state index in [2.05, 4.69) is 10.3 Å². The van der Waals surface area contributed by atoms with E-state index < -0.39 is 17.2 Å². The Hall–Kier alpha value is -2.76. The fraction of sp³-hybridized carbons (Fsp3) is 0.0769. The first kappa shape index (κ1) is 12.7. The Morgan fingerprint density at radius 2 is 1.95 bits per heavy atom. The summed E-state index contributed by atoms with van der Waals surface area (Å²) in [6.07, 6.45) is 1.11. The number of amides is 1. The number of H-pyrrole nitrogens is 1. The summed E-state index contributed by atoms with van der Waals surface area (Å²) in [7, 11) is 0. The number of carbonyl (C=O) groups is 1. The molecule has 0 bridgehead atoms. The number of carbonyl (C=O) groups excluding carboxylic acids is 1. The van der Waals surface area contributed by atoms with Crippen LogP contribution in [-0.2, 0) is 0 Å². The van der Waals surface area contributed by atoms with Crippen molar-refractivity contribution in [1.82, 2.24) is 4.98 Å². The molecule has 0 saturated heterocycles. The largest absolute Gasteiger partial charge is 0.507 e. The van der Waals surface area contributed by atoms with E-state index in [-0.39, 0.29) is 17.0 Å². The normalized spacial score (nSPS) is 10.2. The first-order valence-corrected chi connectivity index (χ1v) is 5.50. The number of hydrogen-bond donors (Lipinski definition) is 4. The van der Waals surface area contributed by atoms with Crippen LogP contribution in [0.1, 0.15) is 15.9 Å². The number of benzene rings is 1. The van der Waals surface area contributed by atoms with Crippen molar-refractivity contribution in [2.24, 2.45) is 0 Å². The molecule has 0 aliphatic carbocycles. The number of phenolic OH excluding ortho intramolecular Hbond substituents is 1. The molecule has 0 unspecified atom stereocenters. The van der Waals surface area contributed by atoms with Crippen LogP contribution in [0.2, 0.25) is 0 Å². The van der Waals surface area contributed by atoms with Gasteiger partial charge in [0.15, 0.2) is 0 Å². The van der Waals surface area contributed by atoms with E-state index in [0.717, 1.165) is 17.8 Å². The molecule has 2 aromatic rings. The molecule has 0 fully saturated rings. The fourth-order valence-electron chi connectivity index (χ4n) is 1.58. The monoisotopic (exact) mass is 260 g/mol. The van der Waals surface area contributed by atoms with Crippen molar-refractivity contribution in [2.75, 3.05) is 5.32 Å². The summed E-state index contributed by atoms with van der Waals surface area (Å²) < 4.78 is 0. The van der Waals surface area contributed by atoms with Crippen molar-refractivity contribution < 1.29 is 15.0 Å². The maximum Gasteiger partial charge on any atom is 0.261 e. The van der Waals surface area contributed by atoms with Gasteiger partial charge < -0.3 is 20.5 Å². The highest BCUT2D eigenvalue weighted by Crippen LogP contribution is 2.25. The third-order valence-corrected chi connectivity index (χ3v) is 2.55. The summed E-state index contributed by atoms with van der Waals surface area (Å²) in [4.78, 5) is 25.1. The number of anilines is 1. The Labute approximate surface area is 108 Å². The first-order valence-electron chi connectivity index (χ1n) is 5.50. The zero-order valence-corrected chi connectivity index (χ0v) is 10.1. The molecule has 0 aliphatic rings. The molecular formula is C13H12N2O4. The first-order chi connectivity index (χ1) is 8.97. The van der Waals surface area contributed by atoms with Gasteiger partial charge in [-0.1, -0.05) is 6.07 Å². The van der Waals surface area contributed by atoms with Crippen molar-refractivity contribution in [3.8, 4) is 11.5 Å². The Morgan fingerprint density at radius 1 is 1.21 bits per heavy atom. The van der Waals surface area contributed by atoms with Gasteiger partial charge in [-0.05, 0) is 24.6 Å². The predicted octanol–water partition coefficient (Wildman–Crippen LogP) is 1.35. The quantitative estimate of drug-likeness (QED) is 0.612. The second kappa shape index (κ2) is 4.85. The molecule has 98 valence electrons. The molecule has 6 nitrogen and oxygen atoms in total. The lowest BCUT2D eigenvalue weighted by Gasteiger charge is -2.08. The molecular weight excluding hydrogens is 248 g/mol. The van der Waals surface area contributed by atoms with E-state index >= 15 is 0 Å². The molecule has 4 N–H and O–H groups in total. The number of aromatic amines is 1. The van der Waals surface area contributed by atoms with E-state index in [1.54, 1.807) is 19.1 Å². The van der Waals surface area contributed by atoms with Crippen LogP contribution < -0.4 is 10.9 Å². The van der Waals surface area contributed by atoms with Gasteiger partial charge in [-0.15, -0.1) is 0 Å². The van der Waals surface area contributed by atoms with Crippen molar-refractivity contribution in [2.45, 2.75) is 6.92 Å². The molecule has 0 radical (unpaired) electrons. The molecule has 19 heavy (non-hydrogen) atoms. The summed E-state index contributed by atoms with van der Waals surface area (Å²) in [6.45, 7) is 1.80. The van der Waals surface area contributed by atoms with Gasteiger partial charge in [-0.25, -0.2) is 0 Å². The standard InChI is InChI=1S/C13H12N2O4/c1-7-2-3-9(11(17)4-7)15-13(19)8-6-14-12(18)5-10(8)16/h2-6,17H,1H3,(H,15,19)(H2,14,16,18). The lowest BCUT2D eigenvalue weighted by atomic mass is 10.2. The van der Waals surface area contributed by atoms with E-state index in [9.17, 15) is 19.8 Å². The molecule has 0 atom stereocenters. The fourth-order valence-corrected chi connectivity index (χ4v) is 1.58. The lowest BCUT2D eigenvalue weighted by molar-refractivity contribution is 0.102. The highest BCUT2D eigenvalue weighted by Gasteiger charge is 2.13. The second-order valence-corrected chi connectivity index (χ2v) is 4.07. The van der Waals surface area contributed by atoms with Crippen molar-refractivity contribution in [3.63, 3.8) is 0 Å². The van der Waals surface area contributed by atoms with Gasteiger partial charge in [0.1, 0.15) is 11.5 Å². The van der Waals surface area contributed by atoms with Gasteiger partial charge in [-0.3, -0.25) is 9.59 Å². The molecule has 1 aromatic heterocycles. The number of phenols is 1. The van der Waals surface area contributed by atoms with E-state index in [4.69, 9.17) is 0 Å². The van der Waals surface area contributed by atoms with Crippen LogP contribution in [0.25, 0.3) is 0 Å². The predicted molar refractivity (Wildman–Crippen MR) is 69.5 cm³/mol. The maximum atomic E-state index is 11.9. The summed E-state index contributed by atoms with van der Waals surface area (Å²) in [5, 5.41) is 21.6. The zero-order valence-electron chi connectivity index (χ0n) is 10.1. The number of pyridine rings is 1. The van der Waals surface area contributed by atoms with Crippen LogP contribution in [-0.4, -0.2) is 21.1 Å². The number of nitrogens with one attached hydrogen (secondary N) is 2. The minimum absolute atomic E-state index is 0.0720. The minimum Gasteiger partial charge on any atom is -0.507 e. The van der Waals surface area contributed by atoms with Crippen LogP contribution in [0.15, 0.2) is 35.3 Å². The summed E-state index contributed by atoms with van der Waals surface area (Å²) >= 11 is 0. The lowest BCUT2D eigenvalue weighted by Crippen LogP contribution is -2.15. The van der Waals surface area contributed by atoms with Crippen LogP contribution in [0, 0.1) is 6.92 Å². The third kappa shape index (κ3) is 2.74. The maximum absolute atomic E-state index is 11.9. The molecule has 1 heterocycles. The molecule has 2 rings (SSSR count). The van der Waals surface area contributed by atoms with Gasteiger partial charge in [0.2, 0.25) is 0 Å². The van der Waals surface area contributed by atoms with Crippen molar-refractivity contribution >= 4 is 11.6 Å². The molecule has 1 amide bonds. The summed E-state index contributed by atoms with van der Waals surface area (Å²) in [5.74, 6) is -1.13. The Bertz CT molecular complexity index is 691. The highest BCUT2D eigenvalue weighted by molar-refractivity contribution is 6.06. The van der Waals surface area contributed by atoms with Crippen LogP contribution >= 0.6 is 0 Å². The minimum atomic E-state index is -0.632. The third-order valence-electron chi connectivity index (χ3n) is 2.55. The molecule has 1 aromatic carbocycles. The van der Waals surface area contributed by atoms with Crippen molar-refractivity contribution in [1.29, 1.82) is 0 Å². The summed E-state index contributed by atoms with van der Waals surface area (Å²) in [6, 6.07) is 5.68. The number of aromatic nitrogens is 1. The highest BCUT2D eigenvalue weighted by atomic mass is 16.3. The van der Waals surface area contributed by atoms with Crippen LogP contribution in [0.3, 0.4) is 0 Å². The summed E-state index contributed by atoms with van der Waals surface area (Å²) in [5.41, 5.74) is 0.482. The number of aryl methyl sites for hydroxylation is 1. The van der Waals surface area contributed by atoms with Crippen LogP contribution in [0.5, 0.6) is 11.5 Å². The van der Waals surface area contributed by atoms with Crippen LogP contribution in [0.4, 0.5) is 5.69 Å². The molecule has 6 heteroatoms. The van der Waals surface area contributed by atoms with Crippen molar-refractivity contribution in [3.05, 3.63) is 51.9 Å². The van der Waals surface area contributed by atoms with E-state index in [1.807, 2.05) is 0 Å². The SMILES string of the molecule is Cc1ccc(NC(=O)c2c[nH]c(=O)cc2O)c(O)c1. The Balaban J connectivity index is 2.28. The zero-order chi connectivity index (χ0) is 14.0. The number of rotatable bonds is 2.